The Morgan fingerprint density at radius 2 is 1.78 bits per heavy atom. The highest BCUT2D eigenvalue weighted by Gasteiger charge is 2.36. The molecular formula is C15H28N2O. The summed E-state index contributed by atoms with van der Waals surface area (Å²) in [7, 11) is 0. The predicted molar refractivity (Wildman–Crippen MR) is 74.1 cm³/mol. The summed E-state index contributed by atoms with van der Waals surface area (Å²) >= 11 is 0. The van der Waals surface area contributed by atoms with Crippen molar-refractivity contribution in [1.82, 2.24) is 5.32 Å². The van der Waals surface area contributed by atoms with Crippen LogP contribution in [0.25, 0.3) is 0 Å². The van der Waals surface area contributed by atoms with Gasteiger partial charge in [0.25, 0.3) is 0 Å². The first-order valence-corrected chi connectivity index (χ1v) is 7.57. The third-order valence-electron chi connectivity index (χ3n) is 4.98. The summed E-state index contributed by atoms with van der Waals surface area (Å²) in [6, 6.07) is 0.415. The predicted octanol–water partition coefficient (Wildman–Crippen LogP) is 2.59. The van der Waals surface area contributed by atoms with E-state index in [4.69, 9.17) is 5.73 Å². The van der Waals surface area contributed by atoms with Crippen molar-refractivity contribution in [2.24, 2.45) is 17.1 Å². The number of nitrogens with one attached hydrogen (secondary N) is 1. The van der Waals surface area contributed by atoms with Gasteiger partial charge in [-0.25, -0.2) is 0 Å². The first-order chi connectivity index (χ1) is 8.50. The van der Waals surface area contributed by atoms with E-state index in [9.17, 15) is 4.79 Å². The molecule has 2 aliphatic rings. The molecule has 1 amide bonds. The van der Waals surface area contributed by atoms with Crippen LogP contribution in [0.3, 0.4) is 0 Å². The van der Waals surface area contributed by atoms with Gasteiger partial charge in [-0.05, 0) is 31.1 Å². The quantitative estimate of drug-likeness (QED) is 0.793. The molecule has 0 aromatic rings. The summed E-state index contributed by atoms with van der Waals surface area (Å²) in [5.41, 5.74) is 6.33. The highest BCUT2D eigenvalue weighted by atomic mass is 16.2. The van der Waals surface area contributed by atoms with Gasteiger partial charge in [-0.3, -0.25) is 4.79 Å². The molecule has 3 N–H and O–H groups in total. The first kappa shape index (κ1) is 13.9. The molecule has 3 atom stereocenters. The molecule has 0 radical (unpaired) electrons. The Kier molecular flexibility index (Phi) is 4.31. The van der Waals surface area contributed by atoms with Crippen molar-refractivity contribution in [2.75, 3.05) is 0 Å². The van der Waals surface area contributed by atoms with E-state index in [1.54, 1.807) is 0 Å². The molecule has 2 rings (SSSR count). The summed E-state index contributed by atoms with van der Waals surface area (Å²) in [5, 5.41) is 3.29. The second-order valence-electron chi connectivity index (χ2n) is 6.85. The molecular weight excluding hydrogens is 224 g/mol. The largest absolute Gasteiger partial charge is 0.353 e. The van der Waals surface area contributed by atoms with E-state index in [1.165, 1.54) is 25.7 Å². The highest BCUT2D eigenvalue weighted by molar-refractivity contribution is 5.79. The molecule has 18 heavy (non-hydrogen) atoms. The summed E-state index contributed by atoms with van der Waals surface area (Å²) in [6.07, 6.45) is 9.19. The van der Waals surface area contributed by atoms with E-state index >= 15 is 0 Å². The zero-order valence-electron chi connectivity index (χ0n) is 11.9. The molecule has 0 spiro atoms. The van der Waals surface area contributed by atoms with Crippen molar-refractivity contribution >= 4 is 5.91 Å². The molecule has 3 nitrogen and oxygen atoms in total. The zero-order chi connectivity index (χ0) is 13.2. The van der Waals surface area contributed by atoms with Crippen molar-refractivity contribution in [1.29, 1.82) is 0 Å². The molecule has 3 heteroatoms. The molecule has 0 bridgehead atoms. The third-order valence-corrected chi connectivity index (χ3v) is 4.98. The van der Waals surface area contributed by atoms with Crippen LogP contribution in [0.5, 0.6) is 0 Å². The zero-order valence-corrected chi connectivity index (χ0v) is 11.9. The van der Waals surface area contributed by atoms with Gasteiger partial charge in [-0.2, -0.15) is 0 Å². The van der Waals surface area contributed by atoms with E-state index in [1.807, 2.05) is 0 Å². The monoisotopic (exact) mass is 252 g/mol. The summed E-state index contributed by atoms with van der Waals surface area (Å²) in [6.45, 7) is 4.55. The van der Waals surface area contributed by atoms with Gasteiger partial charge in [-0.1, -0.05) is 39.5 Å². The molecule has 0 heterocycles. The molecule has 0 aromatic carbocycles. The molecule has 104 valence electrons. The highest BCUT2D eigenvalue weighted by Crippen LogP contribution is 2.36. The minimum Gasteiger partial charge on any atom is -0.353 e. The smallest absolute Gasteiger partial charge is 0.224 e. The van der Waals surface area contributed by atoms with Gasteiger partial charge in [0.05, 0.1) is 5.92 Å². The number of nitrogens with two attached hydrogens (primary N) is 1. The van der Waals surface area contributed by atoms with Crippen molar-refractivity contribution in [2.45, 2.75) is 77.3 Å². The number of carbonyl (C=O) groups excluding carboxylic acids is 1. The van der Waals surface area contributed by atoms with Crippen LogP contribution in [-0.4, -0.2) is 18.0 Å². The fraction of sp³-hybridized carbons (Fsp3) is 0.933. The minimum absolute atomic E-state index is 0.0523. The maximum atomic E-state index is 12.4. The Labute approximate surface area is 111 Å². The molecule has 2 aliphatic carbocycles. The Bertz CT molecular complexity index is 301. The van der Waals surface area contributed by atoms with Crippen LogP contribution < -0.4 is 11.1 Å². The molecule has 0 saturated heterocycles. The Balaban J connectivity index is 1.93. The van der Waals surface area contributed by atoms with E-state index in [0.717, 1.165) is 25.7 Å². The van der Waals surface area contributed by atoms with Gasteiger partial charge in [0.1, 0.15) is 0 Å². The van der Waals surface area contributed by atoms with E-state index in [-0.39, 0.29) is 23.3 Å². The van der Waals surface area contributed by atoms with Gasteiger partial charge in [0.2, 0.25) is 5.91 Å². The van der Waals surface area contributed by atoms with Crippen LogP contribution in [-0.2, 0) is 4.79 Å². The van der Waals surface area contributed by atoms with Crippen LogP contribution in [0.15, 0.2) is 0 Å². The molecule has 3 unspecified atom stereocenters. The number of amides is 1. The third kappa shape index (κ3) is 3.05. The second-order valence-corrected chi connectivity index (χ2v) is 6.85. The number of hydrogen-bond donors (Lipinski definition) is 2. The lowest BCUT2D eigenvalue weighted by Crippen LogP contribution is -2.52. The minimum atomic E-state index is 0.0523. The standard InChI is InChI=1S/C15H28N2O/c1-15(2)10-6-5-9-13(15)17-14(18)11-7-3-4-8-12(11)16/h11-13H,3-10,16H2,1-2H3,(H,17,18). The lowest BCUT2D eigenvalue weighted by molar-refractivity contribution is -0.128. The lowest BCUT2D eigenvalue weighted by atomic mass is 9.73. The summed E-state index contributed by atoms with van der Waals surface area (Å²) in [5.74, 6) is 0.263. The number of carbonyl (C=O) groups is 1. The summed E-state index contributed by atoms with van der Waals surface area (Å²) < 4.78 is 0. The second kappa shape index (κ2) is 5.60. The Hall–Kier alpha value is -0.570. The van der Waals surface area contributed by atoms with E-state index in [2.05, 4.69) is 19.2 Å². The van der Waals surface area contributed by atoms with Crippen molar-refractivity contribution in [3.05, 3.63) is 0 Å². The normalized spacial score (nSPS) is 36.1. The number of rotatable bonds is 2. The van der Waals surface area contributed by atoms with Crippen LogP contribution in [0, 0.1) is 11.3 Å². The van der Waals surface area contributed by atoms with Crippen molar-refractivity contribution in [3.63, 3.8) is 0 Å². The summed E-state index contributed by atoms with van der Waals surface area (Å²) in [4.78, 5) is 12.4. The first-order valence-electron chi connectivity index (χ1n) is 7.57. The van der Waals surface area contributed by atoms with Crippen LogP contribution in [0.2, 0.25) is 0 Å². The van der Waals surface area contributed by atoms with Crippen LogP contribution >= 0.6 is 0 Å². The van der Waals surface area contributed by atoms with Gasteiger partial charge < -0.3 is 11.1 Å². The maximum absolute atomic E-state index is 12.4. The average Bonchev–Trinajstić information content (AvgIpc) is 2.32. The molecule has 2 fully saturated rings. The van der Waals surface area contributed by atoms with Crippen molar-refractivity contribution in [3.8, 4) is 0 Å². The van der Waals surface area contributed by atoms with Crippen LogP contribution in [0.1, 0.15) is 65.2 Å². The Morgan fingerprint density at radius 1 is 1.11 bits per heavy atom. The van der Waals surface area contributed by atoms with Crippen molar-refractivity contribution < 1.29 is 4.79 Å². The molecule has 0 aromatic heterocycles. The Morgan fingerprint density at radius 3 is 2.44 bits per heavy atom. The topological polar surface area (TPSA) is 55.1 Å². The maximum Gasteiger partial charge on any atom is 0.224 e. The van der Waals surface area contributed by atoms with Gasteiger partial charge >= 0.3 is 0 Å². The van der Waals surface area contributed by atoms with Crippen LogP contribution in [0.4, 0.5) is 0 Å². The lowest BCUT2D eigenvalue weighted by Gasteiger charge is -2.40. The van der Waals surface area contributed by atoms with Gasteiger partial charge in [0.15, 0.2) is 0 Å². The average molecular weight is 252 g/mol. The van der Waals surface area contributed by atoms with Gasteiger partial charge in [0, 0.05) is 12.1 Å². The fourth-order valence-corrected chi connectivity index (χ4v) is 3.53. The van der Waals surface area contributed by atoms with E-state index < -0.39 is 0 Å². The molecule has 2 saturated carbocycles. The molecule has 0 aliphatic heterocycles. The van der Waals surface area contributed by atoms with E-state index in [0.29, 0.717) is 6.04 Å². The number of hydrogen-bond acceptors (Lipinski definition) is 2. The SMILES string of the molecule is CC1(C)CCCCC1NC(=O)C1CCCCC1N. The van der Waals surface area contributed by atoms with Gasteiger partial charge in [-0.15, -0.1) is 0 Å². The fourth-order valence-electron chi connectivity index (χ4n) is 3.53.